The molecule has 2 N–H and O–H groups in total. The smallest absolute Gasteiger partial charge is 0.381 e. The van der Waals surface area contributed by atoms with E-state index in [-0.39, 0.29) is 36.8 Å². The van der Waals surface area contributed by atoms with Gasteiger partial charge in [0.15, 0.2) is 5.69 Å². The Morgan fingerprint density at radius 1 is 1.26 bits per heavy atom. The maximum absolute atomic E-state index is 14.5. The highest BCUT2D eigenvalue weighted by Crippen LogP contribution is 2.31. The van der Waals surface area contributed by atoms with Crippen LogP contribution in [-0.2, 0) is 38.7 Å². The van der Waals surface area contributed by atoms with Gasteiger partial charge >= 0.3 is 6.18 Å². The largest absolute Gasteiger partial charge is 0.435 e. The van der Waals surface area contributed by atoms with E-state index in [1.807, 2.05) is 0 Å². The lowest BCUT2D eigenvalue weighted by atomic mass is 9.98. The molecule has 0 spiro atoms. The maximum Gasteiger partial charge on any atom is 0.435 e. The quantitative estimate of drug-likeness (QED) is 0.495. The van der Waals surface area contributed by atoms with Crippen LogP contribution in [0.25, 0.3) is 0 Å². The van der Waals surface area contributed by atoms with Gasteiger partial charge in [-0.1, -0.05) is 12.1 Å². The lowest BCUT2D eigenvalue weighted by Gasteiger charge is -2.24. The number of amides is 1. The van der Waals surface area contributed by atoms with Gasteiger partial charge in [-0.25, -0.2) is 17.5 Å². The average molecular weight is 521 g/mol. The second kappa shape index (κ2) is 11.0. The summed E-state index contributed by atoms with van der Waals surface area (Å²) >= 11 is 0. The Kier molecular flexibility index (Phi) is 8.54. The summed E-state index contributed by atoms with van der Waals surface area (Å²) in [4.78, 5) is 12.7. The van der Waals surface area contributed by atoms with E-state index in [1.165, 1.54) is 16.8 Å². The number of hydrogen-bond acceptors (Lipinski definition) is 5. The molecule has 1 aromatic heterocycles. The topological polar surface area (TPSA) is 102 Å². The number of aromatic nitrogens is 2. The maximum atomic E-state index is 14.5. The molecule has 1 amide bonds. The van der Waals surface area contributed by atoms with Crippen molar-refractivity contribution in [1.82, 2.24) is 19.8 Å². The first kappa shape index (κ1) is 27.1. The molecule has 1 unspecified atom stereocenters. The zero-order valence-electron chi connectivity index (χ0n) is 19.4. The normalized spacial score (nSPS) is 16.3. The lowest BCUT2D eigenvalue weighted by Crippen LogP contribution is -2.30. The molecule has 13 heteroatoms. The Balaban J connectivity index is 1.67. The number of ether oxygens (including phenoxy) is 1. The van der Waals surface area contributed by atoms with Crippen LogP contribution < -0.4 is 10.0 Å². The van der Waals surface area contributed by atoms with Crippen LogP contribution in [0.4, 0.5) is 17.6 Å². The highest BCUT2D eigenvalue weighted by Gasteiger charge is 2.36. The summed E-state index contributed by atoms with van der Waals surface area (Å²) in [5, 5.41) is 6.37. The van der Waals surface area contributed by atoms with E-state index >= 15 is 0 Å². The van der Waals surface area contributed by atoms with Crippen LogP contribution in [0.5, 0.6) is 0 Å². The Hall–Kier alpha value is -2.51. The number of nitrogens with zero attached hydrogens (tertiary/aromatic N) is 2. The van der Waals surface area contributed by atoms with Crippen LogP contribution in [0.3, 0.4) is 0 Å². The molecular weight excluding hydrogens is 492 g/mol. The van der Waals surface area contributed by atoms with Gasteiger partial charge in [0.25, 0.3) is 0 Å². The van der Waals surface area contributed by atoms with Gasteiger partial charge in [-0.05, 0) is 49.4 Å². The van der Waals surface area contributed by atoms with Crippen molar-refractivity contribution in [2.45, 2.75) is 50.9 Å². The third kappa shape index (κ3) is 7.48. The highest BCUT2D eigenvalue weighted by molar-refractivity contribution is 7.88. The van der Waals surface area contributed by atoms with E-state index in [2.05, 4.69) is 15.1 Å². The van der Waals surface area contributed by atoms with E-state index in [9.17, 15) is 30.8 Å². The Morgan fingerprint density at radius 2 is 1.94 bits per heavy atom. The van der Waals surface area contributed by atoms with Crippen molar-refractivity contribution in [3.05, 3.63) is 52.6 Å². The van der Waals surface area contributed by atoms with Crippen molar-refractivity contribution in [3.8, 4) is 0 Å². The Bertz CT molecular complexity index is 1140. The molecule has 0 bridgehead atoms. The fourth-order valence-corrected chi connectivity index (χ4v) is 4.31. The van der Waals surface area contributed by atoms with Crippen molar-refractivity contribution in [3.63, 3.8) is 0 Å². The standard InChI is InChI=1S/C22H28F4N4O4S/c1-14(16-4-3-15(19(23)11-16)5-8-28-35(2,32)33)21(31)27-13-18-12-20(22(24,25)26)29-30(18)17-6-9-34-10-7-17/h3-4,11-12,14,17,28H,5-10,13H2,1-2H3,(H,27,31). The molecule has 1 fully saturated rings. The van der Waals surface area contributed by atoms with Gasteiger partial charge < -0.3 is 10.1 Å². The minimum absolute atomic E-state index is 0.0336. The molecule has 1 saturated heterocycles. The number of hydrogen-bond donors (Lipinski definition) is 2. The molecule has 1 atom stereocenters. The zero-order valence-corrected chi connectivity index (χ0v) is 20.2. The molecule has 2 heterocycles. The van der Waals surface area contributed by atoms with Crippen molar-refractivity contribution >= 4 is 15.9 Å². The second-order valence-corrected chi connectivity index (χ2v) is 10.3. The van der Waals surface area contributed by atoms with Crippen LogP contribution in [-0.4, -0.2) is 50.1 Å². The molecule has 35 heavy (non-hydrogen) atoms. The first-order chi connectivity index (χ1) is 16.3. The van der Waals surface area contributed by atoms with Crippen LogP contribution in [0.15, 0.2) is 24.3 Å². The minimum Gasteiger partial charge on any atom is -0.381 e. The van der Waals surface area contributed by atoms with E-state index in [0.717, 1.165) is 12.3 Å². The zero-order chi connectivity index (χ0) is 25.8. The van der Waals surface area contributed by atoms with Crippen LogP contribution in [0, 0.1) is 5.82 Å². The van der Waals surface area contributed by atoms with E-state index < -0.39 is 39.5 Å². The first-order valence-electron chi connectivity index (χ1n) is 11.1. The highest BCUT2D eigenvalue weighted by atomic mass is 32.2. The molecule has 1 aromatic carbocycles. The molecule has 1 aliphatic rings. The molecular formula is C22H28F4N4O4S. The molecule has 3 rings (SSSR count). The average Bonchev–Trinajstić information content (AvgIpc) is 3.23. The summed E-state index contributed by atoms with van der Waals surface area (Å²) in [7, 11) is -3.39. The molecule has 194 valence electrons. The van der Waals surface area contributed by atoms with Crippen molar-refractivity contribution in [2.75, 3.05) is 26.0 Å². The number of carbonyl (C=O) groups is 1. The minimum atomic E-state index is -4.61. The number of nitrogens with one attached hydrogen (secondary N) is 2. The molecule has 1 aliphatic heterocycles. The van der Waals surface area contributed by atoms with Crippen LogP contribution in [0.1, 0.15) is 54.2 Å². The van der Waals surface area contributed by atoms with Gasteiger partial charge in [0, 0.05) is 19.8 Å². The van der Waals surface area contributed by atoms with E-state index in [1.54, 1.807) is 13.0 Å². The molecule has 0 aliphatic carbocycles. The molecule has 0 saturated carbocycles. The Labute approximate surface area is 201 Å². The number of rotatable bonds is 9. The van der Waals surface area contributed by atoms with Gasteiger partial charge in [-0.2, -0.15) is 18.3 Å². The van der Waals surface area contributed by atoms with Crippen molar-refractivity contribution in [1.29, 1.82) is 0 Å². The van der Waals surface area contributed by atoms with Crippen LogP contribution >= 0.6 is 0 Å². The SMILES string of the molecule is CC(C(=O)NCc1cc(C(F)(F)F)nn1C1CCOCC1)c1ccc(CCNS(C)(=O)=O)c(F)c1. The number of benzene rings is 1. The number of alkyl halides is 3. The van der Waals surface area contributed by atoms with E-state index in [0.29, 0.717) is 31.6 Å². The van der Waals surface area contributed by atoms with Gasteiger partial charge in [-0.15, -0.1) is 0 Å². The molecule has 0 radical (unpaired) electrons. The van der Waals surface area contributed by atoms with Gasteiger partial charge in [-0.3, -0.25) is 9.48 Å². The predicted molar refractivity (Wildman–Crippen MR) is 120 cm³/mol. The monoisotopic (exact) mass is 520 g/mol. The summed E-state index contributed by atoms with van der Waals surface area (Å²) in [5.74, 6) is -1.83. The summed E-state index contributed by atoms with van der Waals surface area (Å²) in [6.07, 6.45) is -2.44. The van der Waals surface area contributed by atoms with Gasteiger partial charge in [0.1, 0.15) is 5.82 Å². The fourth-order valence-electron chi connectivity index (χ4n) is 3.84. The van der Waals surface area contributed by atoms with E-state index in [4.69, 9.17) is 4.74 Å². The predicted octanol–water partition coefficient (Wildman–Crippen LogP) is 2.90. The summed E-state index contributed by atoms with van der Waals surface area (Å²) in [6.45, 7) is 2.26. The molecule has 8 nitrogen and oxygen atoms in total. The Morgan fingerprint density at radius 3 is 2.54 bits per heavy atom. The number of halogens is 4. The van der Waals surface area contributed by atoms with Gasteiger partial charge in [0.2, 0.25) is 15.9 Å². The molecule has 2 aromatic rings. The second-order valence-electron chi connectivity index (χ2n) is 8.51. The van der Waals surface area contributed by atoms with Gasteiger partial charge in [0.05, 0.1) is 30.5 Å². The first-order valence-corrected chi connectivity index (χ1v) is 13.0. The van der Waals surface area contributed by atoms with Crippen molar-refractivity contribution < 1.29 is 35.5 Å². The number of carbonyl (C=O) groups excluding carboxylic acids is 1. The summed E-state index contributed by atoms with van der Waals surface area (Å²) in [5.41, 5.74) is -0.125. The summed E-state index contributed by atoms with van der Waals surface area (Å²) in [6, 6.07) is 4.92. The lowest BCUT2D eigenvalue weighted by molar-refractivity contribution is -0.141. The third-order valence-corrected chi connectivity index (χ3v) is 6.54. The number of sulfonamides is 1. The van der Waals surface area contributed by atoms with Crippen LogP contribution in [0.2, 0.25) is 0 Å². The third-order valence-electron chi connectivity index (χ3n) is 5.81. The summed E-state index contributed by atoms with van der Waals surface area (Å²) < 4.78 is 85.4. The van der Waals surface area contributed by atoms with Crippen molar-refractivity contribution in [2.24, 2.45) is 0 Å². The fraction of sp³-hybridized carbons (Fsp3) is 0.545.